The molecule has 1 atom stereocenters. The van der Waals surface area contributed by atoms with E-state index >= 15 is 0 Å². The highest BCUT2D eigenvalue weighted by Crippen LogP contribution is 2.29. The van der Waals surface area contributed by atoms with Crippen LogP contribution in [0.5, 0.6) is 5.75 Å². The van der Waals surface area contributed by atoms with E-state index in [4.69, 9.17) is 0 Å². The van der Waals surface area contributed by atoms with Crippen LogP contribution in [0.15, 0.2) is 18.2 Å². The minimum absolute atomic E-state index is 0.157. The normalized spacial score (nSPS) is 12.8. The third-order valence-electron chi connectivity index (χ3n) is 3.09. The van der Waals surface area contributed by atoms with Gasteiger partial charge in [-0.05, 0) is 42.0 Å². The Hall–Kier alpha value is -1.31. The molecule has 0 spiro atoms. The van der Waals surface area contributed by atoms with Crippen molar-refractivity contribution in [2.24, 2.45) is 5.92 Å². The Labute approximate surface area is 104 Å². The van der Waals surface area contributed by atoms with Crippen molar-refractivity contribution in [3.8, 4) is 5.75 Å². The van der Waals surface area contributed by atoms with Gasteiger partial charge in [0.25, 0.3) is 0 Å². The minimum Gasteiger partial charge on any atom is -0.508 e. The molecule has 0 aliphatic heterocycles. The van der Waals surface area contributed by atoms with Gasteiger partial charge in [0.2, 0.25) is 0 Å². The molecule has 1 aromatic carbocycles. The summed E-state index contributed by atoms with van der Waals surface area (Å²) in [4.78, 5) is 11.9. The van der Waals surface area contributed by atoms with E-state index in [0.717, 1.165) is 12.0 Å². The van der Waals surface area contributed by atoms with Gasteiger partial charge in [-0.25, -0.2) is 0 Å². The number of aromatic hydroxyl groups is 1. The molecule has 17 heavy (non-hydrogen) atoms. The van der Waals surface area contributed by atoms with Crippen molar-refractivity contribution < 1.29 is 9.90 Å². The fourth-order valence-corrected chi connectivity index (χ4v) is 1.83. The third-order valence-corrected chi connectivity index (χ3v) is 3.09. The molecule has 94 valence electrons. The predicted octanol–water partition coefficient (Wildman–Crippen LogP) is 4.13. The molecule has 0 saturated heterocycles. The smallest absolute Gasteiger partial charge is 0.163 e. The molecule has 0 aliphatic rings. The van der Waals surface area contributed by atoms with Gasteiger partial charge in [-0.15, -0.1) is 0 Å². The number of ketones is 1. The van der Waals surface area contributed by atoms with Gasteiger partial charge in [0, 0.05) is 12.0 Å². The molecule has 0 aliphatic carbocycles. The number of hydrogen-bond acceptors (Lipinski definition) is 2. The maximum atomic E-state index is 11.9. The maximum Gasteiger partial charge on any atom is 0.163 e. The lowest BCUT2D eigenvalue weighted by molar-refractivity contribution is 0.0967. The summed E-state index contributed by atoms with van der Waals surface area (Å²) in [7, 11) is 0. The first-order chi connectivity index (χ1) is 7.95. The summed E-state index contributed by atoms with van der Waals surface area (Å²) in [5.74, 6) is 1.09. The SMILES string of the molecule is CCC(C)c1cc(C(=O)CC(C)C)ccc1O. The molecule has 2 nitrogen and oxygen atoms in total. The highest BCUT2D eigenvalue weighted by atomic mass is 16.3. The topological polar surface area (TPSA) is 37.3 Å². The van der Waals surface area contributed by atoms with Crippen LogP contribution < -0.4 is 0 Å². The molecule has 2 heteroatoms. The molecule has 0 aromatic heterocycles. The number of hydrogen-bond donors (Lipinski definition) is 1. The second kappa shape index (κ2) is 5.85. The Morgan fingerprint density at radius 2 is 1.94 bits per heavy atom. The number of carbonyl (C=O) groups is 1. The van der Waals surface area contributed by atoms with E-state index in [1.807, 2.05) is 19.9 Å². The standard InChI is InChI=1S/C15H22O2/c1-5-11(4)13-9-12(6-7-14(13)16)15(17)8-10(2)3/h6-7,9-11,16H,5,8H2,1-4H3. The average molecular weight is 234 g/mol. The first-order valence-electron chi connectivity index (χ1n) is 6.31. The summed E-state index contributed by atoms with van der Waals surface area (Å²) < 4.78 is 0. The van der Waals surface area contributed by atoms with Gasteiger partial charge >= 0.3 is 0 Å². The van der Waals surface area contributed by atoms with Gasteiger partial charge in [0.15, 0.2) is 5.78 Å². The van der Waals surface area contributed by atoms with Gasteiger partial charge in [0.1, 0.15) is 5.75 Å². The third kappa shape index (κ3) is 3.58. The Balaban J connectivity index is 3.00. The molecular formula is C15H22O2. The molecule has 1 unspecified atom stereocenters. The molecule has 0 bridgehead atoms. The number of phenols is 1. The predicted molar refractivity (Wildman–Crippen MR) is 70.6 cm³/mol. The summed E-state index contributed by atoms with van der Waals surface area (Å²) in [6, 6.07) is 5.19. The molecule has 0 fully saturated rings. The summed E-state index contributed by atoms with van der Waals surface area (Å²) in [5, 5.41) is 9.79. The van der Waals surface area contributed by atoms with E-state index in [-0.39, 0.29) is 11.7 Å². The van der Waals surface area contributed by atoms with Gasteiger partial charge in [0.05, 0.1) is 0 Å². The Kier molecular flexibility index (Phi) is 4.73. The van der Waals surface area contributed by atoms with Crippen molar-refractivity contribution >= 4 is 5.78 Å². The van der Waals surface area contributed by atoms with Crippen molar-refractivity contribution in [2.75, 3.05) is 0 Å². The number of rotatable bonds is 5. The second-order valence-corrected chi connectivity index (χ2v) is 5.10. The monoisotopic (exact) mass is 234 g/mol. The van der Waals surface area contributed by atoms with Gasteiger partial charge in [-0.1, -0.05) is 27.7 Å². The van der Waals surface area contributed by atoms with E-state index in [1.54, 1.807) is 12.1 Å². The summed E-state index contributed by atoms with van der Waals surface area (Å²) in [6.45, 7) is 8.21. The van der Waals surface area contributed by atoms with Crippen LogP contribution in [0.4, 0.5) is 0 Å². The van der Waals surface area contributed by atoms with E-state index in [2.05, 4.69) is 13.8 Å². The van der Waals surface area contributed by atoms with E-state index in [0.29, 0.717) is 23.7 Å². The zero-order chi connectivity index (χ0) is 13.0. The lowest BCUT2D eigenvalue weighted by Gasteiger charge is -2.13. The van der Waals surface area contributed by atoms with Crippen LogP contribution in [0, 0.1) is 5.92 Å². The van der Waals surface area contributed by atoms with E-state index in [1.165, 1.54) is 0 Å². The second-order valence-electron chi connectivity index (χ2n) is 5.10. The van der Waals surface area contributed by atoms with Crippen LogP contribution in [-0.4, -0.2) is 10.9 Å². The van der Waals surface area contributed by atoms with Crippen LogP contribution in [0.1, 0.15) is 62.4 Å². The van der Waals surface area contributed by atoms with Crippen molar-refractivity contribution in [1.82, 2.24) is 0 Å². The summed E-state index contributed by atoms with van der Waals surface area (Å²) in [6.07, 6.45) is 1.51. The van der Waals surface area contributed by atoms with E-state index < -0.39 is 0 Å². The first kappa shape index (κ1) is 13.8. The molecule has 0 amide bonds. The lowest BCUT2D eigenvalue weighted by Crippen LogP contribution is -2.05. The van der Waals surface area contributed by atoms with Crippen LogP contribution >= 0.6 is 0 Å². The van der Waals surface area contributed by atoms with Crippen molar-refractivity contribution in [2.45, 2.75) is 46.5 Å². The van der Waals surface area contributed by atoms with Gasteiger partial charge in [-0.2, -0.15) is 0 Å². The Bertz CT molecular complexity index is 394. The number of phenolic OH excluding ortho intramolecular Hbond substituents is 1. The van der Waals surface area contributed by atoms with Gasteiger partial charge < -0.3 is 5.11 Å². The van der Waals surface area contributed by atoms with Crippen LogP contribution in [0.3, 0.4) is 0 Å². The largest absolute Gasteiger partial charge is 0.508 e. The van der Waals surface area contributed by atoms with Crippen molar-refractivity contribution in [3.63, 3.8) is 0 Å². The minimum atomic E-state index is 0.157. The summed E-state index contributed by atoms with van der Waals surface area (Å²) >= 11 is 0. The highest BCUT2D eigenvalue weighted by molar-refractivity contribution is 5.96. The molecule has 1 N–H and O–H groups in total. The van der Waals surface area contributed by atoms with Crippen molar-refractivity contribution in [3.05, 3.63) is 29.3 Å². The summed E-state index contributed by atoms with van der Waals surface area (Å²) in [5.41, 5.74) is 1.59. The van der Waals surface area contributed by atoms with Crippen LogP contribution in [0.25, 0.3) is 0 Å². The average Bonchev–Trinajstić information content (AvgIpc) is 2.27. The zero-order valence-corrected chi connectivity index (χ0v) is 11.2. The van der Waals surface area contributed by atoms with E-state index in [9.17, 15) is 9.90 Å². The number of carbonyl (C=O) groups excluding carboxylic acids is 1. The van der Waals surface area contributed by atoms with Crippen LogP contribution in [-0.2, 0) is 0 Å². The molecule has 1 aromatic rings. The van der Waals surface area contributed by atoms with Crippen molar-refractivity contribution in [1.29, 1.82) is 0 Å². The molecule has 1 rings (SSSR count). The first-order valence-corrected chi connectivity index (χ1v) is 6.31. The number of benzene rings is 1. The fraction of sp³-hybridized carbons (Fsp3) is 0.533. The molecule has 0 heterocycles. The lowest BCUT2D eigenvalue weighted by atomic mass is 9.93. The highest BCUT2D eigenvalue weighted by Gasteiger charge is 2.13. The quantitative estimate of drug-likeness (QED) is 0.778. The maximum absolute atomic E-state index is 11.9. The van der Waals surface area contributed by atoms with Crippen LogP contribution in [0.2, 0.25) is 0 Å². The Morgan fingerprint density at radius 3 is 2.47 bits per heavy atom. The fourth-order valence-electron chi connectivity index (χ4n) is 1.83. The number of Topliss-reactive ketones (excluding diaryl/α,β-unsaturated/α-hetero) is 1. The Morgan fingerprint density at radius 1 is 1.29 bits per heavy atom. The molecular weight excluding hydrogens is 212 g/mol. The molecule has 0 radical (unpaired) electrons. The van der Waals surface area contributed by atoms with Gasteiger partial charge in [-0.3, -0.25) is 4.79 Å². The molecule has 0 saturated carbocycles. The zero-order valence-electron chi connectivity index (χ0n) is 11.2.